The van der Waals surface area contributed by atoms with Crippen LogP contribution in [0.3, 0.4) is 0 Å². The summed E-state index contributed by atoms with van der Waals surface area (Å²) in [6.07, 6.45) is 9.01. The Labute approximate surface area is 145 Å². The van der Waals surface area contributed by atoms with Crippen molar-refractivity contribution in [3.63, 3.8) is 0 Å². The Morgan fingerprint density at radius 1 is 1.21 bits per heavy atom. The van der Waals surface area contributed by atoms with E-state index in [0.717, 1.165) is 37.0 Å². The van der Waals surface area contributed by atoms with Crippen molar-refractivity contribution in [2.24, 2.45) is 17.8 Å². The average Bonchev–Trinajstić information content (AvgIpc) is 2.52. The smallest absolute Gasteiger partial charge is 0.283 e. The number of thioether (sulfide) groups is 1. The molecule has 1 aromatic carbocycles. The van der Waals surface area contributed by atoms with Crippen molar-refractivity contribution in [3.8, 4) is 0 Å². The molecule has 0 unspecified atom stereocenters. The first-order valence-corrected chi connectivity index (χ1v) is 9.85. The standard InChI is InChI=1S/C18H22N2O3S/c1-24-16-3-2-14(7-15(16)20(22)23)17(21)19-18-8-11-4-12(9-18)6-13(5-11)10-18/h2-3,7,11-13H,4-6,8-10H2,1H3,(H,19,21). The molecule has 5 rings (SSSR count). The van der Waals surface area contributed by atoms with E-state index in [1.165, 1.54) is 37.1 Å². The van der Waals surface area contributed by atoms with E-state index in [-0.39, 0.29) is 17.1 Å². The molecule has 4 saturated carbocycles. The Morgan fingerprint density at radius 3 is 2.29 bits per heavy atom. The SMILES string of the molecule is CSc1ccc(C(=O)NC23CC4CC(CC(C4)C2)C3)cc1[N+](=O)[O-]. The maximum atomic E-state index is 12.8. The fourth-order valence-electron chi connectivity index (χ4n) is 5.55. The van der Waals surface area contributed by atoms with E-state index in [9.17, 15) is 14.9 Å². The first-order valence-electron chi connectivity index (χ1n) is 8.63. The molecular formula is C18H22N2O3S. The highest BCUT2D eigenvalue weighted by Gasteiger charge is 2.51. The molecule has 0 aliphatic heterocycles. The third kappa shape index (κ3) is 2.70. The number of nitrogens with zero attached hydrogens (tertiary/aromatic N) is 1. The lowest BCUT2D eigenvalue weighted by Gasteiger charge is -2.56. The molecule has 0 radical (unpaired) electrons. The predicted octanol–water partition coefficient (Wildman–Crippen LogP) is 4.02. The van der Waals surface area contributed by atoms with Gasteiger partial charge in [0.05, 0.1) is 9.82 Å². The van der Waals surface area contributed by atoms with E-state index in [2.05, 4.69) is 5.32 Å². The largest absolute Gasteiger partial charge is 0.347 e. The number of carbonyl (C=O) groups is 1. The summed E-state index contributed by atoms with van der Waals surface area (Å²) in [5.41, 5.74) is 0.342. The molecular weight excluding hydrogens is 324 g/mol. The van der Waals surface area contributed by atoms with Crippen LogP contribution in [-0.4, -0.2) is 22.6 Å². The van der Waals surface area contributed by atoms with E-state index in [4.69, 9.17) is 0 Å². The second-order valence-corrected chi connectivity index (χ2v) is 8.64. The summed E-state index contributed by atoms with van der Waals surface area (Å²) in [5.74, 6) is 2.10. The van der Waals surface area contributed by atoms with Crippen molar-refractivity contribution in [2.45, 2.75) is 49.0 Å². The minimum atomic E-state index is -0.409. The van der Waals surface area contributed by atoms with Gasteiger partial charge in [0.1, 0.15) is 0 Å². The molecule has 4 aliphatic rings. The maximum absolute atomic E-state index is 12.8. The third-order valence-corrected chi connectivity index (χ3v) is 6.84. The average molecular weight is 346 g/mol. The van der Waals surface area contributed by atoms with Gasteiger partial charge in [-0.3, -0.25) is 14.9 Å². The van der Waals surface area contributed by atoms with Crippen LogP contribution in [0.2, 0.25) is 0 Å². The van der Waals surface area contributed by atoms with Crippen molar-refractivity contribution < 1.29 is 9.72 Å². The summed E-state index contributed by atoms with van der Waals surface area (Å²) in [5, 5.41) is 14.5. The molecule has 0 heterocycles. The Kier molecular flexibility index (Phi) is 3.82. The van der Waals surface area contributed by atoms with Crippen LogP contribution in [0.4, 0.5) is 5.69 Å². The molecule has 0 aromatic heterocycles. The van der Waals surface area contributed by atoms with Gasteiger partial charge < -0.3 is 5.32 Å². The van der Waals surface area contributed by atoms with Crippen LogP contribution in [0, 0.1) is 27.9 Å². The van der Waals surface area contributed by atoms with Gasteiger partial charge in [-0.1, -0.05) is 0 Å². The number of rotatable bonds is 4. The highest BCUT2D eigenvalue weighted by molar-refractivity contribution is 7.98. The number of nitro benzene ring substituents is 1. The lowest BCUT2D eigenvalue weighted by atomic mass is 9.53. The van der Waals surface area contributed by atoms with E-state index in [0.29, 0.717) is 10.5 Å². The number of nitrogens with one attached hydrogen (secondary N) is 1. The molecule has 6 heteroatoms. The van der Waals surface area contributed by atoms with E-state index >= 15 is 0 Å². The summed E-state index contributed by atoms with van der Waals surface area (Å²) >= 11 is 1.33. The molecule has 24 heavy (non-hydrogen) atoms. The zero-order valence-electron chi connectivity index (χ0n) is 13.8. The minimum Gasteiger partial charge on any atom is -0.347 e. The van der Waals surface area contributed by atoms with Crippen LogP contribution in [0.1, 0.15) is 48.9 Å². The molecule has 4 fully saturated rings. The molecule has 0 atom stereocenters. The lowest BCUT2D eigenvalue weighted by Crippen LogP contribution is -2.59. The summed E-state index contributed by atoms with van der Waals surface area (Å²) in [6.45, 7) is 0. The van der Waals surface area contributed by atoms with E-state index in [1.807, 2.05) is 0 Å². The van der Waals surface area contributed by atoms with E-state index in [1.54, 1.807) is 18.4 Å². The van der Waals surface area contributed by atoms with Gasteiger partial charge in [0.15, 0.2) is 0 Å². The second kappa shape index (κ2) is 5.76. The second-order valence-electron chi connectivity index (χ2n) is 7.80. The van der Waals surface area contributed by atoms with Crippen LogP contribution in [0.5, 0.6) is 0 Å². The van der Waals surface area contributed by atoms with Crippen molar-refractivity contribution in [3.05, 3.63) is 33.9 Å². The molecule has 1 N–H and O–H groups in total. The number of hydrogen-bond donors (Lipinski definition) is 1. The Bertz CT molecular complexity index is 668. The molecule has 128 valence electrons. The number of carbonyl (C=O) groups excluding carboxylic acids is 1. The summed E-state index contributed by atoms with van der Waals surface area (Å²) in [4.78, 5) is 24.2. The number of amides is 1. The van der Waals surface area contributed by atoms with Gasteiger partial charge in [0.2, 0.25) is 0 Å². The molecule has 4 bridgehead atoms. The van der Waals surface area contributed by atoms with Crippen molar-refractivity contribution >= 4 is 23.4 Å². The topological polar surface area (TPSA) is 72.2 Å². The number of hydrogen-bond acceptors (Lipinski definition) is 4. The van der Waals surface area contributed by atoms with Crippen LogP contribution in [0.15, 0.2) is 23.1 Å². The number of benzene rings is 1. The monoisotopic (exact) mass is 346 g/mol. The molecule has 0 spiro atoms. The van der Waals surface area contributed by atoms with Crippen LogP contribution >= 0.6 is 11.8 Å². The van der Waals surface area contributed by atoms with Crippen molar-refractivity contribution in [1.82, 2.24) is 5.32 Å². The molecule has 1 amide bonds. The normalized spacial score (nSPS) is 33.5. The first-order chi connectivity index (χ1) is 11.5. The highest BCUT2D eigenvalue weighted by Crippen LogP contribution is 2.55. The number of nitro groups is 1. The zero-order valence-corrected chi connectivity index (χ0v) is 14.6. The zero-order chi connectivity index (χ0) is 16.9. The fourth-order valence-corrected chi connectivity index (χ4v) is 6.10. The molecule has 1 aromatic rings. The predicted molar refractivity (Wildman–Crippen MR) is 93.2 cm³/mol. The fraction of sp³-hybridized carbons (Fsp3) is 0.611. The van der Waals surface area contributed by atoms with Gasteiger partial charge in [-0.2, -0.15) is 0 Å². The molecule has 5 nitrogen and oxygen atoms in total. The van der Waals surface area contributed by atoms with Gasteiger partial charge in [-0.15, -0.1) is 11.8 Å². The maximum Gasteiger partial charge on any atom is 0.283 e. The summed E-state index contributed by atoms with van der Waals surface area (Å²) in [6, 6.07) is 4.80. The summed E-state index contributed by atoms with van der Waals surface area (Å²) in [7, 11) is 0. The van der Waals surface area contributed by atoms with Gasteiger partial charge in [0, 0.05) is 17.2 Å². The van der Waals surface area contributed by atoms with E-state index < -0.39 is 4.92 Å². The lowest BCUT2D eigenvalue weighted by molar-refractivity contribution is -0.387. The molecule has 4 aliphatic carbocycles. The highest BCUT2D eigenvalue weighted by atomic mass is 32.2. The van der Waals surface area contributed by atoms with Gasteiger partial charge in [-0.25, -0.2) is 0 Å². The van der Waals surface area contributed by atoms with Crippen molar-refractivity contribution in [2.75, 3.05) is 6.26 Å². The van der Waals surface area contributed by atoms with Gasteiger partial charge in [-0.05, 0) is 74.7 Å². The summed E-state index contributed by atoms with van der Waals surface area (Å²) < 4.78 is 0. The molecule has 0 saturated heterocycles. The van der Waals surface area contributed by atoms with Crippen LogP contribution in [0.25, 0.3) is 0 Å². The minimum absolute atomic E-state index is 0.0145. The quantitative estimate of drug-likeness (QED) is 0.508. The van der Waals surface area contributed by atoms with Crippen molar-refractivity contribution in [1.29, 1.82) is 0 Å². The van der Waals surface area contributed by atoms with Crippen LogP contribution in [-0.2, 0) is 0 Å². The first kappa shape index (κ1) is 15.9. The Balaban J connectivity index is 1.56. The third-order valence-electron chi connectivity index (χ3n) is 6.05. The van der Waals surface area contributed by atoms with Gasteiger partial charge in [0.25, 0.3) is 11.6 Å². The van der Waals surface area contributed by atoms with Crippen LogP contribution < -0.4 is 5.32 Å². The van der Waals surface area contributed by atoms with Gasteiger partial charge >= 0.3 is 0 Å². The Hall–Kier alpha value is -1.56. The Morgan fingerprint density at radius 2 is 1.79 bits per heavy atom.